The molecule has 1 aromatic heterocycles. The Bertz CT molecular complexity index is 579. The van der Waals surface area contributed by atoms with Crippen LogP contribution in [0.5, 0.6) is 0 Å². The topological polar surface area (TPSA) is 58.1 Å². The molecular weight excluding hydrogens is 278 g/mol. The minimum Gasteiger partial charge on any atom is -1.00 e. The zero-order chi connectivity index (χ0) is 13.8. The molecule has 6 heteroatoms. The van der Waals surface area contributed by atoms with Gasteiger partial charge >= 0.3 is 0 Å². The molecule has 0 fully saturated rings. The maximum absolute atomic E-state index is 11.9. The number of para-hydroxylation sites is 2. The van der Waals surface area contributed by atoms with E-state index in [2.05, 4.69) is 5.32 Å². The van der Waals surface area contributed by atoms with Gasteiger partial charge in [0.1, 0.15) is 0 Å². The number of nitrogens with zero attached hydrogens (tertiary/aromatic N) is 2. The molecule has 2 aromatic rings. The van der Waals surface area contributed by atoms with E-state index in [1.165, 1.54) is 0 Å². The first-order valence-corrected chi connectivity index (χ1v) is 6.49. The van der Waals surface area contributed by atoms with Crippen LogP contribution in [0.25, 0.3) is 11.0 Å². The molecule has 0 unspecified atom stereocenters. The summed E-state index contributed by atoms with van der Waals surface area (Å²) in [5, 5.41) is 11.9. The third kappa shape index (κ3) is 3.49. The molecule has 1 amide bonds. The number of halogens is 1. The summed E-state index contributed by atoms with van der Waals surface area (Å²) >= 11 is 0. The lowest BCUT2D eigenvalue weighted by Gasteiger charge is -2.12. The predicted molar refractivity (Wildman–Crippen MR) is 72.4 cm³/mol. The highest BCUT2D eigenvalue weighted by Crippen LogP contribution is 2.09. The number of aliphatic hydroxyl groups is 1. The van der Waals surface area contributed by atoms with Crippen LogP contribution in [0.3, 0.4) is 0 Å². The Balaban J connectivity index is 0.00000200. The number of amides is 1. The van der Waals surface area contributed by atoms with Gasteiger partial charge in [0, 0.05) is 0 Å². The van der Waals surface area contributed by atoms with Gasteiger partial charge in [0.25, 0.3) is 5.91 Å². The number of hydrogen-bond acceptors (Lipinski definition) is 2. The molecule has 1 heterocycles. The van der Waals surface area contributed by atoms with Crippen molar-refractivity contribution in [1.29, 1.82) is 0 Å². The zero-order valence-electron chi connectivity index (χ0n) is 11.7. The van der Waals surface area contributed by atoms with E-state index in [1.807, 2.05) is 53.7 Å². The molecule has 1 atom stereocenters. The Morgan fingerprint density at radius 3 is 2.80 bits per heavy atom. The number of nitrogens with one attached hydrogen (secondary N) is 1. The molecule has 1 aromatic carbocycles. The van der Waals surface area contributed by atoms with Gasteiger partial charge in [0.05, 0.1) is 19.7 Å². The molecule has 0 radical (unpaired) electrons. The van der Waals surface area contributed by atoms with Gasteiger partial charge in [-0.3, -0.25) is 4.79 Å². The zero-order valence-corrected chi connectivity index (χ0v) is 12.5. The number of aromatic nitrogens is 2. The summed E-state index contributed by atoms with van der Waals surface area (Å²) in [5.74, 6) is -0.0812. The number of carbonyl (C=O) groups is 1. The summed E-state index contributed by atoms with van der Waals surface area (Å²) in [7, 11) is 1.96. The van der Waals surface area contributed by atoms with E-state index in [9.17, 15) is 4.79 Å². The Kier molecular flexibility index (Phi) is 5.98. The van der Waals surface area contributed by atoms with Gasteiger partial charge in [-0.15, -0.1) is 0 Å². The van der Waals surface area contributed by atoms with Crippen LogP contribution in [-0.2, 0) is 18.4 Å². The average molecular weight is 298 g/mol. The Labute approximate surface area is 124 Å². The second kappa shape index (κ2) is 7.26. The Morgan fingerprint density at radius 2 is 2.15 bits per heavy atom. The Morgan fingerprint density at radius 1 is 1.45 bits per heavy atom. The number of carbonyl (C=O) groups excluding carboxylic acids is 1. The molecule has 0 saturated carbocycles. The normalized spacial score (nSPS) is 11.9. The lowest BCUT2D eigenvalue weighted by atomic mass is 10.2. The molecule has 0 saturated heterocycles. The van der Waals surface area contributed by atoms with Crippen molar-refractivity contribution in [3.8, 4) is 0 Å². The summed E-state index contributed by atoms with van der Waals surface area (Å²) < 4.78 is 3.90. The first kappa shape index (κ1) is 16.5. The fraction of sp³-hybridized carbons (Fsp3) is 0.429. The summed E-state index contributed by atoms with van der Waals surface area (Å²) in [6.07, 6.45) is 2.63. The molecule has 0 aliphatic heterocycles. The standard InChI is InChI=1S/C14H19N3O2.ClH/c1-3-11(9-18)15-14(19)8-17-10-16(2)12-6-4-5-7-13(12)17;/h4-7,10-11,18H,3,8-9H2,1-2H3;1H/t11-;/m0./s1. The van der Waals surface area contributed by atoms with Crippen LogP contribution in [-0.4, -0.2) is 28.2 Å². The van der Waals surface area contributed by atoms with Crippen molar-refractivity contribution in [3.63, 3.8) is 0 Å². The largest absolute Gasteiger partial charge is 1.00 e. The van der Waals surface area contributed by atoms with Gasteiger partial charge in [-0.1, -0.05) is 19.1 Å². The minimum atomic E-state index is -0.164. The molecule has 110 valence electrons. The van der Waals surface area contributed by atoms with Crippen LogP contribution in [0, 0.1) is 0 Å². The van der Waals surface area contributed by atoms with Crippen LogP contribution < -0.4 is 22.3 Å². The fourth-order valence-corrected chi connectivity index (χ4v) is 2.17. The van der Waals surface area contributed by atoms with Crippen molar-refractivity contribution in [1.82, 2.24) is 9.88 Å². The number of aliphatic hydroxyl groups excluding tert-OH is 1. The minimum absolute atomic E-state index is 0. The number of hydrogen-bond donors (Lipinski definition) is 2. The molecule has 2 rings (SSSR count). The smallest absolute Gasteiger partial charge is 0.262 e. The van der Waals surface area contributed by atoms with E-state index in [1.54, 1.807) is 0 Å². The fourth-order valence-electron chi connectivity index (χ4n) is 2.17. The number of aryl methyl sites for hydroxylation is 1. The molecule has 0 aliphatic carbocycles. The van der Waals surface area contributed by atoms with Crippen molar-refractivity contribution in [3.05, 3.63) is 30.6 Å². The highest BCUT2D eigenvalue weighted by molar-refractivity contribution is 5.79. The predicted octanol–water partition coefficient (Wildman–Crippen LogP) is -2.64. The average Bonchev–Trinajstić information content (AvgIpc) is 2.73. The van der Waals surface area contributed by atoms with Crippen LogP contribution in [0.2, 0.25) is 0 Å². The second-order valence-corrected chi connectivity index (χ2v) is 4.70. The highest BCUT2D eigenvalue weighted by atomic mass is 35.5. The lowest BCUT2D eigenvalue weighted by Crippen LogP contribution is -3.00. The van der Waals surface area contributed by atoms with Gasteiger partial charge in [0.15, 0.2) is 17.6 Å². The van der Waals surface area contributed by atoms with Gasteiger partial charge in [0.2, 0.25) is 6.33 Å². The quantitative estimate of drug-likeness (QED) is 0.593. The number of imidazole rings is 1. The molecular formula is C14H20ClN3O2. The molecule has 5 nitrogen and oxygen atoms in total. The first-order valence-electron chi connectivity index (χ1n) is 6.49. The number of rotatable bonds is 5. The van der Waals surface area contributed by atoms with Gasteiger partial charge < -0.3 is 22.8 Å². The number of benzene rings is 1. The van der Waals surface area contributed by atoms with Crippen LogP contribution in [0.15, 0.2) is 30.6 Å². The van der Waals surface area contributed by atoms with Crippen molar-refractivity contribution in [2.24, 2.45) is 7.05 Å². The van der Waals surface area contributed by atoms with Gasteiger partial charge in [-0.05, 0) is 18.6 Å². The van der Waals surface area contributed by atoms with E-state index >= 15 is 0 Å². The molecule has 0 spiro atoms. The molecule has 0 bridgehead atoms. The third-order valence-electron chi connectivity index (χ3n) is 3.28. The van der Waals surface area contributed by atoms with Crippen LogP contribution in [0.1, 0.15) is 13.3 Å². The van der Waals surface area contributed by atoms with Crippen molar-refractivity contribution in [2.45, 2.75) is 25.9 Å². The second-order valence-electron chi connectivity index (χ2n) is 4.70. The van der Waals surface area contributed by atoms with Gasteiger partial charge in [-0.2, -0.15) is 0 Å². The van der Waals surface area contributed by atoms with Crippen LogP contribution in [0.4, 0.5) is 0 Å². The first-order chi connectivity index (χ1) is 9.15. The van der Waals surface area contributed by atoms with E-state index < -0.39 is 0 Å². The molecule has 20 heavy (non-hydrogen) atoms. The summed E-state index contributed by atoms with van der Waals surface area (Å²) in [6, 6.07) is 7.78. The summed E-state index contributed by atoms with van der Waals surface area (Å²) in [4.78, 5) is 11.9. The maximum atomic E-state index is 11.9. The molecule has 2 N–H and O–H groups in total. The van der Waals surface area contributed by atoms with E-state index in [-0.39, 0.29) is 37.5 Å². The SMILES string of the molecule is CC[C@@H](CO)NC(=O)Cn1c[n+](C)c2ccccc21.[Cl-]. The van der Waals surface area contributed by atoms with Crippen molar-refractivity contribution in [2.75, 3.05) is 6.61 Å². The monoisotopic (exact) mass is 297 g/mol. The van der Waals surface area contributed by atoms with E-state index in [0.717, 1.165) is 17.5 Å². The number of fused-ring (bicyclic) bond motifs is 1. The maximum Gasteiger partial charge on any atom is 0.262 e. The molecule has 0 aliphatic rings. The Hall–Kier alpha value is -1.59. The lowest BCUT2D eigenvalue weighted by molar-refractivity contribution is -0.645. The van der Waals surface area contributed by atoms with Crippen molar-refractivity contribution < 1.29 is 26.9 Å². The van der Waals surface area contributed by atoms with E-state index in [4.69, 9.17) is 5.11 Å². The summed E-state index contributed by atoms with van der Waals surface area (Å²) in [6.45, 7) is 2.17. The summed E-state index contributed by atoms with van der Waals surface area (Å²) in [5.41, 5.74) is 2.11. The third-order valence-corrected chi connectivity index (χ3v) is 3.28. The van der Waals surface area contributed by atoms with Crippen LogP contribution >= 0.6 is 0 Å². The van der Waals surface area contributed by atoms with Gasteiger partial charge in [-0.25, -0.2) is 9.13 Å². The van der Waals surface area contributed by atoms with Crippen molar-refractivity contribution >= 4 is 16.9 Å². The highest BCUT2D eigenvalue weighted by Gasteiger charge is 2.17. The van der Waals surface area contributed by atoms with E-state index in [0.29, 0.717) is 0 Å².